The molecule has 180 valence electrons. The van der Waals surface area contributed by atoms with Crippen LogP contribution in [0.25, 0.3) is 0 Å². The third-order valence-electron chi connectivity index (χ3n) is 5.82. The molecule has 3 heterocycles. The molecule has 0 radical (unpaired) electrons. The van der Waals surface area contributed by atoms with E-state index >= 15 is 0 Å². The molecule has 2 aliphatic heterocycles. The number of ether oxygens (including phenoxy) is 1. The van der Waals surface area contributed by atoms with Gasteiger partial charge < -0.3 is 19.1 Å². The standard InChI is InChI=1S/C23H40N6O3/c1-16(2)25-29(17(3)4)21-24-20(32-26-21)19-9-11-27(12-10-19)14-18-8-13-28(15-18)22(30)31-23(5,6)7/h17-19H,8-15H2,1-7H3. The van der Waals surface area contributed by atoms with E-state index in [4.69, 9.17) is 9.26 Å². The summed E-state index contributed by atoms with van der Waals surface area (Å²) in [7, 11) is 0. The molecule has 0 aliphatic carbocycles. The molecule has 32 heavy (non-hydrogen) atoms. The Morgan fingerprint density at radius 1 is 1.22 bits per heavy atom. The molecular formula is C23H40N6O3. The SMILES string of the molecule is CC(C)=NN(c1noc(C2CCN(CC3CCN(C(=O)OC(C)(C)C)C3)CC2)n1)C(C)C. The van der Waals surface area contributed by atoms with Crippen molar-refractivity contribution in [3.63, 3.8) is 0 Å². The Balaban J connectivity index is 1.47. The number of hydrogen-bond donors (Lipinski definition) is 0. The van der Waals surface area contributed by atoms with Gasteiger partial charge in [0, 0.05) is 31.3 Å². The van der Waals surface area contributed by atoms with Crippen molar-refractivity contribution in [3.8, 4) is 0 Å². The molecule has 0 N–H and O–H groups in total. The average Bonchev–Trinajstić information content (AvgIpc) is 3.35. The van der Waals surface area contributed by atoms with Crippen molar-refractivity contribution in [2.45, 2.75) is 85.3 Å². The number of carbonyl (C=O) groups excluding carboxylic acids is 1. The number of anilines is 1. The van der Waals surface area contributed by atoms with Crippen LogP contribution in [0.2, 0.25) is 0 Å². The van der Waals surface area contributed by atoms with Gasteiger partial charge in [0.25, 0.3) is 5.95 Å². The van der Waals surface area contributed by atoms with Crippen LogP contribution in [0.3, 0.4) is 0 Å². The highest BCUT2D eigenvalue weighted by Crippen LogP contribution is 2.30. The number of piperidine rings is 1. The fourth-order valence-corrected chi connectivity index (χ4v) is 4.29. The van der Waals surface area contributed by atoms with Gasteiger partial charge in [-0.05, 0) is 91.9 Å². The van der Waals surface area contributed by atoms with Crippen molar-refractivity contribution in [2.75, 3.05) is 37.7 Å². The van der Waals surface area contributed by atoms with Crippen LogP contribution in [0.1, 0.15) is 79.5 Å². The molecule has 1 aromatic rings. The Morgan fingerprint density at radius 3 is 2.50 bits per heavy atom. The van der Waals surface area contributed by atoms with E-state index in [2.05, 4.69) is 34.0 Å². The Morgan fingerprint density at radius 2 is 1.91 bits per heavy atom. The minimum Gasteiger partial charge on any atom is -0.444 e. The Hall–Kier alpha value is -2.16. The second-order valence-electron chi connectivity index (χ2n) is 10.6. The topological polar surface area (TPSA) is 87.3 Å². The van der Waals surface area contributed by atoms with Gasteiger partial charge in [-0.1, -0.05) is 0 Å². The number of nitrogens with zero attached hydrogens (tertiary/aromatic N) is 6. The molecular weight excluding hydrogens is 408 g/mol. The van der Waals surface area contributed by atoms with E-state index in [0.717, 1.165) is 57.7 Å². The molecule has 9 heteroatoms. The lowest BCUT2D eigenvalue weighted by Gasteiger charge is -2.32. The summed E-state index contributed by atoms with van der Waals surface area (Å²) >= 11 is 0. The van der Waals surface area contributed by atoms with Crippen molar-refractivity contribution in [1.82, 2.24) is 19.9 Å². The van der Waals surface area contributed by atoms with Gasteiger partial charge >= 0.3 is 6.09 Å². The van der Waals surface area contributed by atoms with E-state index in [1.165, 1.54) is 0 Å². The zero-order valence-corrected chi connectivity index (χ0v) is 20.8. The van der Waals surface area contributed by atoms with Gasteiger partial charge in [-0.25, -0.2) is 9.80 Å². The summed E-state index contributed by atoms with van der Waals surface area (Å²) in [6.07, 6.45) is 2.85. The Bertz CT molecular complexity index is 788. The lowest BCUT2D eigenvalue weighted by molar-refractivity contribution is 0.0284. The molecule has 0 spiro atoms. The van der Waals surface area contributed by atoms with Crippen LogP contribution < -0.4 is 5.01 Å². The lowest BCUT2D eigenvalue weighted by atomic mass is 9.95. The molecule has 0 bridgehead atoms. The molecule has 2 saturated heterocycles. The number of hydrazone groups is 1. The number of hydrogen-bond acceptors (Lipinski definition) is 8. The number of likely N-dealkylation sites (tertiary alicyclic amines) is 2. The van der Waals surface area contributed by atoms with Crippen molar-refractivity contribution in [1.29, 1.82) is 0 Å². The Kier molecular flexibility index (Phi) is 7.79. The molecule has 0 saturated carbocycles. The molecule has 9 nitrogen and oxygen atoms in total. The largest absolute Gasteiger partial charge is 0.444 e. The van der Waals surface area contributed by atoms with Crippen molar-refractivity contribution in [2.24, 2.45) is 11.0 Å². The number of aromatic nitrogens is 2. The van der Waals surface area contributed by atoms with Gasteiger partial charge in [0.15, 0.2) is 0 Å². The van der Waals surface area contributed by atoms with Crippen LogP contribution in [0.4, 0.5) is 10.7 Å². The predicted octanol–water partition coefficient (Wildman–Crippen LogP) is 4.12. The third kappa shape index (κ3) is 6.67. The summed E-state index contributed by atoms with van der Waals surface area (Å²) in [5.41, 5.74) is 0.509. The fourth-order valence-electron chi connectivity index (χ4n) is 4.29. The van der Waals surface area contributed by atoms with Crippen LogP contribution in [-0.2, 0) is 4.74 Å². The van der Waals surface area contributed by atoms with Gasteiger partial charge in [0.1, 0.15) is 5.60 Å². The molecule has 2 fully saturated rings. The second-order valence-corrected chi connectivity index (χ2v) is 10.6. The summed E-state index contributed by atoms with van der Waals surface area (Å²) in [6, 6.07) is 0.156. The molecule has 2 aliphatic rings. The number of carbonyl (C=O) groups is 1. The van der Waals surface area contributed by atoms with Crippen molar-refractivity contribution in [3.05, 3.63) is 5.89 Å². The van der Waals surface area contributed by atoms with Gasteiger partial charge in [-0.2, -0.15) is 10.1 Å². The van der Waals surface area contributed by atoms with Crippen molar-refractivity contribution < 1.29 is 14.1 Å². The molecule has 1 unspecified atom stereocenters. The molecule has 1 atom stereocenters. The van der Waals surface area contributed by atoms with Gasteiger partial charge in [0.2, 0.25) is 5.89 Å². The normalized spacial score (nSPS) is 20.6. The Labute approximate surface area is 192 Å². The summed E-state index contributed by atoms with van der Waals surface area (Å²) in [5.74, 6) is 2.04. The quantitative estimate of drug-likeness (QED) is 0.478. The van der Waals surface area contributed by atoms with E-state index in [0.29, 0.717) is 17.8 Å². The first kappa shape index (κ1) is 24.5. The first-order valence-corrected chi connectivity index (χ1v) is 11.9. The van der Waals surface area contributed by atoms with Crippen LogP contribution in [0.15, 0.2) is 9.62 Å². The zero-order chi connectivity index (χ0) is 23.5. The van der Waals surface area contributed by atoms with Crippen LogP contribution in [-0.4, -0.2) is 76.1 Å². The van der Waals surface area contributed by atoms with Gasteiger partial charge in [-0.15, -0.1) is 0 Å². The minimum absolute atomic E-state index is 0.156. The maximum atomic E-state index is 12.3. The maximum absolute atomic E-state index is 12.3. The fraction of sp³-hybridized carbons (Fsp3) is 0.826. The summed E-state index contributed by atoms with van der Waals surface area (Å²) < 4.78 is 11.1. The van der Waals surface area contributed by atoms with E-state index < -0.39 is 5.60 Å². The molecule has 3 rings (SSSR count). The highest BCUT2D eigenvalue weighted by Gasteiger charge is 2.32. The van der Waals surface area contributed by atoms with Crippen LogP contribution in [0, 0.1) is 5.92 Å². The van der Waals surface area contributed by atoms with E-state index in [-0.39, 0.29) is 18.1 Å². The van der Waals surface area contributed by atoms with Crippen molar-refractivity contribution >= 4 is 17.8 Å². The molecule has 0 aromatic carbocycles. The first-order valence-electron chi connectivity index (χ1n) is 11.9. The lowest BCUT2D eigenvalue weighted by Crippen LogP contribution is -2.39. The second kappa shape index (κ2) is 10.2. The average molecular weight is 449 g/mol. The maximum Gasteiger partial charge on any atom is 0.410 e. The summed E-state index contributed by atoms with van der Waals surface area (Å²) in [4.78, 5) is 21.3. The monoisotopic (exact) mass is 448 g/mol. The van der Waals surface area contributed by atoms with Crippen LogP contribution >= 0.6 is 0 Å². The third-order valence-corrected chi connectivity index (χ3v) is 5.82. The predicted molar refractivity (Wildman–Crippen MR) is 125 cm³/mol. The van der Waals surface area contributed by atoms with E-state index in [9.17, 15) is 4.79 Å². The molecule has 1 aromatic heterocycles. The highest BCUT2D eigenvalue weighted by molar-refractivity contribution is 5.79. The van der Waals surface area contributed by atoms with Crippen LogP contribution in [0.5, 0.6) is 0 Å². The highest BCUT2D eigenvalue weighted by atomic mass is 16.6. The van der Waals surface area contributed by atoms with E-state index in [1.807, 2.05) is 44.5 Å². The zero-order valence-electron chi connectivity index (χ0n) is 20.8. The van der Waals surface area contributed by atoms with Gasteiger partial charge in [0.05, 0.1) is 6.04 Å². The van der Waals surface area contributed by atoms with Gasteiger partial charge in [-0.3, -0.25) is 0 Å². The summed E-state index contributed by atoms with van der Waals surface area (Å²) in [5, 5.41) is 10.5. The number of amides is 1. The number of rotatable bonds is 6. The first-order chi connectivity index (χ1) is 15.0. The minimum atomic E-state index is -0.445. The summed E-state index contributed by atoms with van der Waals surface area (Å²) in [6.45, 7) is 18.4. The smallest absolute Gasteiger partial charge is 0.410 e. The van der Waals surface area contributed by atoms with E-state index in [1.54, 1.807) is 0 Å². The molecule has 1 amide bonds.